The molecule has 0 saturated carbocycles. The normalized spacial score (nSPS) is 14.4. The number of aromatic nitrogens is 2. The third-order valence-corrected chi connectivity index (χ3v) is 5.39. The lowest BCUT2D eigenvalue weighted by atomic mass is 10.2. The molecule has 1 aromatic heterocycles. The number of para-hydroxylation sites is 2. The Morgan fingerprint density at radius 3 is 2.04 bits per heavy atom. The summed E-state index contributed by atoms with van der Waals surface area (Å²) in [6.07, 6.45) is 1.67. The average molecular weight is 401 g/mol. The fraction of sp³-hybridized carbons (Fsp3) is 0.200. The zero-order valence-corrected chi connectivity index (χ0v) is 16.1. The highest BCUT2D eigenvalue weighted by molar-refractivity contribution is 6.33. The Morgan fingerprint density at radius 2 is 1.37 bits per heavy atom. The highest BCUT2D eigenvalue weighted by Crippen LogP contribution is 2.28. The van der Waals surface area contributed by atoms with E-state index in [2.05, 4.69) is 14.9 Å². The van der Waals surface area contributed by atoms with Crippen LogP contribution in [0, 0.1) is 0 Å². The minimum Gasteiger partial charge on any atom is -0.367 e. The zero-order valence-electron chi connectivity index (χ0n) is 14.6. The second kappa shape index (κ2) is 7.62. The zero-order chi connectivity index (χ0) is 18.8. The molecule has 0 radical (unpaired) electrons. The van der Waals surface area contributed by atoms with E-state index in [0.717, 1.165) is 36.9 Å². The van der Waals surface area contributed by atoms with Crippen molar-refractivity contribution in [1.82, 2.24) is 9.78 Å². The summed E-state index contributed by atoms with van der Waals surface area (Å²) in [5, 5.41) is 5.26. The van der Waals surface area contributed by atoms with Crippen LogP contribution in [0.15, 0.2) is 65.6 Å². The molecule has 4 rings (SSSR count). The van der Waals surface area contributed by atoms with Crippen LogP contribution >= 0.6 is 23.2 Å². The fourth-order valence-corrected chi connectivity index (χ4v) is 3.80. The molecular formula is C20H18Cl2N4O. The minimum absolute atomic E-state index is 0.194. The summed E-state index contributed by atoms with van der Waals surface area (Å²) in [7, 11) is 0. The van der Waals surface area contributed by atoms with Crippen LogP contribution in [0.25, 0.3) is 5.69 Å². The second-order valence-corrected chi connectivity index (χ2v) is 7.11. The van der Waals surface area contributed by atoms with Gasteiger partial charge in [0.25, 0.3) is 5.56 Å². The standard InChI is InChI=1S/C20H18Cl2N4O/c21-16-8-4-5-9-17(16)24-10-12-25(13-11-24)18-14-23-26(20(27)19(18)22)15-6-2-1-3-7-15/h1-9,14H,10-13H2. The molecule has 1 aliphatic heterocycles. The first-order valence-corrected chi connectivity index (χ1v) is 9.48. The van der Waals surface area contributed by atoms with Gasteiger partial charge in [-0.3, -0.25) is 4.79 Å². The van der Waals surface area contributed by atoms with Gasteiger partial charge in [-0.05, 0) is 24.3 Å². The summed E-state index contributed by atoms with van der Waals surface area (Å²) in [4.78, 5) is 17.0. The predicted octanol–water partition coefficient (Wildman–Crippen LogP) is 3.87. The molecule has 7 heteroatoms. The summed E-state index contributed by atoms with van der Waals surface area (Å²) >= 11 is 12.7. The molecule has 27 heavy (non-hydrogen) atoms. The van der Waals surface area contributed by atoms with Crippen molar-refractivity contribution < 1.29 is 0 Å². The number of benzene rings is 2. The Labute approximate surface area is 167 Å². The van der Waals surface area contributed by atoms with Crippen molar-refractivity contribution in [3.8, 4) is 5.69 Å². The Kier molecular flexibility index (Phi) is 5.05. The van der Waals surface area contributed by atoms with Crippen LogP contribution < -0.4 is 15.4 Å². The smallest absolute Gasteiger partial charge is 0.292 e. The third kappa shape index (κ3) is 3.53. The molecule has 0 unspecified atom stereocenters. The van der Waals surface area contributed by atoms with E-state index < -0.39 is 0 Å². The Hall–Kier alpha value is -2.50. The van der Waals surface area contributed by atoms with Crippen molar-refractivity contribution in [3.05, 3.63) is 81.2 Å². The summed E-state index contributed by atoms with van der Waals surface area (Å²) in [6, 6.07) is 17.1. The molecule has 0 spiro atoms. The Morgan fingerprint density at radius 1 is 0.778 bits per heavy atom. The molecule has 1 fully saturated rings. The monoisotopic (exact) mass is 400 g/mol. The molecule has 0 atom stereocenters. The average Bonchev–Trinajstić information content (AvgIpc) is 2.71. The number of hydrogen-bond donors (Lipinski definition) is 0. The van der Waals surface area contributed by atoms with Crippen LogP contribution in [0.4, 0.5) is 11.4 Å². The first-order chi connectivity index (χ1) is 13.1. The lowest BCUT2D eigenvalue weighted by molar-refractivity contribution is 0.649. The van der Waals surface area contributed by atoms with Crippen molar-refractivity contribution in [2.45, 2.75) is 0 Å². The van der Waals surface area contributed by atoms with E-state index in [-0.39, 0.29) is 10.6 Å². The van der Waals surface area contributed by atoms with E-state index in [9.17, 15) is 4.79 Å². The number of nitrogens with zero attached hydrogens (tertiary/aromatic N) is 4. The van der Waals surface area contributed by atoms with E-state index in [1.807, 2.05) is 54.6 Å². The number of piperazine rings is 1. The molecule has 2 heterocycles. The molecule has 1 saturated heterocycles. The largest absolute Gasteiger partial charge is 0.367 e. The van der Waals surface area contributed by atoms with Crippen LogP contribution in [0.2, 0.25) is 10.0 Å². The van der Waals surface area contributed by atoms with Gasteiger partial charge in [-0.2, -0.15) is 9.78 Å². The van der Waals surface area contributed by atoms with Crippen molar-refractivity contribution in [2.75, 3.05) is 36.0 Å². The molecule has 5 nitrogen and oxygen atoms in total. The maximum atomic E-state index is 12.7. The molecule has 0 bridgehead atoms. The van der Waals surface area contributed by atoms with Gasteiger partial charge < -0.3 is 9.80 Å². The van der Waals surface area contributed by atoms with Crippen LogP contribution in [0.1, 0.15) is 0 Å². The summed E-state index contributed by atoms with van der Waals surface area (Å²) in [6.45, 7) is 3.06. The maximum Gasteiger partial charge on any atom is 0.292 e. The van der Waals surface area contributed by atoms with Crippen molar-refractivity contribution in [3.63, 3.8) is 0 Å². The van der Waals surface area contributed by atoms with Gasteiger partial charge in [0.2, 0.25) is 0 Å². The van der Waals surface area contributed by atoms with Crippen molar-refractivity contribution >= 4 is 34.6 Å². The summed E-state index contributed by atoms with van der Waals surface area (Å²) in [5.41, 5.74) is 2.09. The number of hydrogen-bond acceptors (Lipinski definition) is 4. The molecule has 2 aromatic carbocycles. The lowest BCUT2D eigenvalue weighted by Crippen LogP contribution is -2.47. The number of halogens is 2. The van der Waals surface area contributed by atoms with E-state index in [1.54, 1.807) is 6.20 Å². The molecule has 0 amide bonds. The quantitative estimate of drug-likeness (QED) is 0.668. The molecule has 3 aromatic rings. The van der Waals surface area contributed by atoms with Crippen LogP contribution in [0.3, 0.4) is 0 Å². The van der Waals surface area contributed by atoms with Crippen LogP contribution in [0.5, 0.6) is 0 Å². The molecule has 0 aliphatic carbocycles. The summed E-state index contributed by atoms with van der Waals surface area (Å²) in [5.74, 6) is 0. The van der Waals surface area contributed by atoms with Crippen molar-refractivity contribution in [1.29, 1.82) is 0 Å². The van der Waals surface area contributed by atoms with Gasteiger partial charge in [0, 0.05) is 26.2 Å². The molecule has 0 N–H and O–H groups in total. The highest BCUT2D eigenvalue weighted by Gasteiger charge is 2.22. The third-order valence-electron chi connectivity index (χ3n) is 4.71. The SMILES string of the molecule is O=c1c(Cl)c(N2CCN(c3ccccc3Cl)CC2)cnn1-c1ccccc1. The fourth-order valence-electron chi connectivity index (χ4n) is 3.29. The summed E-state index contributed by atoms with van der Waals surface area (Å²) < 4.78 is 1.33. The van der Waals surface area contributed by atoms with Gasteiger partial charge in [0.15, 0.2) is 0 Å². The van der Waals surface area contributed by atoms with Gasteiger partial charge >= 0.3 is 0 Å². The molecule has 138 valence electrons. The maximum absolute atomic E-state index is 12.7. The van der Waals surface area contributed by atoms with Crippen LogP contribution in [-0.4, -0.2) is 36.0 Å². The van der Waals surface area contributed by atoms with E-state index in [0.29, 0.717) is 11.4 Å². The van der Waals surface area contributed by atoms with Gasteiger partial charge in [0.05, 0.1) is 28.3 Å². The topological polar surface area (TPSA) is 41.4 Å². The minimum atomic E-state index is -0.311. The first kappa shape index (κ1) is 17.9. The Balaban J connectivity index is 1.55. The van der Waals surface area contributed by atoms with Gasteiger partial charge in [-0.1, -0.05) is 53.5 Å². The molecule has 1 aliphatic rings. The Bertz CT molecular complexity index is 998. The van der Waals surface area contributed by atoms with Gasteiger partial charge in [-0.25, -0.2) is 0 Å². The van der Waals surface area contributed by atoms with Crippen molar-refractivity contribution in [2.24, 2.45) is 0 Å². The van der Waals surface area contributed by atoms with Gasteiger partial charge in [-0.15, -0.1) is 0 Å². The predicted molar refractivity (Wildman–Crippen MR) is 111 cm³/mol. The van der Waals surface area contributed by atoms with E-state index >= 15 is 0 Å². The number of rotatable bonds is 3. The second-order valence-electron chi connectivity index (χ2n) is 6.32. The van der Waals surface area contributed by atoms with E-state index in [4.69, 9.17) is 23.2 Å². The highest BCUT2D eigenvalue weighted by atomic mass is 35.5. The first-order valence-electron chi connectivity index (χ1n) is 8.73. The van der Waals surface area contributed by atoms with Gasteiger partial charge in [0.1, 0.15) is 5.02 Å². The lowest BCUT2D eigenvalue weighted by Gasteiger charge is -2.37. The molecular weight excluding hydrogens is 383 g/mol. The number of anilines is 2. The van der Waals surface area contributed by atoms with Crippen LogP contribution in [-0.2, 0) is 0 Å². The van der Waals surface area contributed by atoms with E-state index in [1.165, 1.54) is 4.68 Å².